The Morgan fingerprint density at radius 2 is 1.36 bits per heavy atom. The fourth-order valence-electron chi connectivity index (χ4n) is 3.72. The number of rotatable bonds is 26. The summed E-state index contributed by atoms with van der Waals surface area (Å²) >= 11 is 0. The van der Waals surface area contributed by atoms with Crippen LogP contribution in [0.5, 0.6) is 0 Å². The van der Waals surface area contributed by atoms with Crippen molar-refractivity contribution in [3.05, 3.63) is 0 Å². The van der Waals surface area contributed by atoms with Gasteiger partial charge in [-0.25, -0.2) is 0 Å². The number of quaternary nitrogens is 1. The monoisotopic (exact) mass is 575 g/mol. The summed E-state index contributed by atoms with van der Waals surface area (Å²) in [5.41, 5.74) is 0. The highest BCUT2D eigenvalue weighted by Gasteiger charge is 2.21. The summed E-state index contributed by atoms with van der Waals surface area (Å²) in [7, 11) is 1.09. The first-order valence-corrected chi connectivity index (χ1v) is 16.1. The molecule has 1 unspecified atom stereocenters. The van der Waals surface area contributed by atoms with Gasteiger partial charge in [0.05, 0.1) is 34.2 Å². The first-order chi connectivity index (χ1) is 18.5. The molecule has 0 aromatic rings. The van der Waals surface area contributed by atoms with Crippen LogP contribution >= 0.6 is 7.82 Å². The zero-order chi connectivity index (χ0) is 29.4. The molecule has 0 aliphatic rings. The van der Waals surface area contributed by atoms with Crippen LogP contribution in [-0.2, 0) is 32.7 Å². The quantitative estimate of drug-likeness (QED) is 0.0434. The van der Waals surface area contributed by atoms with Crippen LogP contribution in [0, 0.1) is 12.3 Å². The Morgan fingerprint density at radius 3 is 1.87 bits per heavy atom. The van der Waals surface area contributed by atoms with Gasteiger partial charge in [-0.15, -0.1) is 12.3 Å². The molecule has 228 valence electrons. The minimum absolute atomic E-state index is 0.0328. The van der Waals surface area contributed by atoms with Crippen molar-refractivity contribution in [3.63, 3.8) is 0 Å². The molecule has 0 N–H and O–H groups in total. The lowest BCUT2D eigenvalue weighted by Crippen LogP contribution is -2.37. The Balaban J connectivity index is 4.22. The van der Waals surface area contributed by atoms with Gasteiger partial charge in [-0.05, 0) is 6.42 Å². The molecule has 0 heterocycles. The van der Waals surface area contributed by atoms with Crippen molar-refractivity contribution >= 4 is 19.8 Å². The largest absolute Gasteiger partial charge is 0.756 e. The van der Waals surface area contributed by atoms with Crippen molar-refractivity contribution in [3.8, 4) is 12.3 Å². The molecule has 0 fully saturated rings. The third kappa shape index (κ3) is 26.6. The number of terminal acetylenes is 1. The highest BCUT2D eigenvalue weighted by atomic mass is 31.2. The predicted octanol–water partition coefficient (Wildman–Crippen LogP) is 5.54. The zero-order valence-corrected chi connectivity index (χ0v) is 25.9. The van der Waals surface area contributed by atoms with Crippen LogP contribution in [0.3, 0.4) is 0 Å². The molecule has 0 aliphatic carbocycles. The van der Waals surface area contributed by atoms with E-state index in [1.54, 1.807) is 0 Å². The first kappa shape index (κ1) is 37.6. The molecular formula is C29H54NO8P. The summed E-state index contributed by atoms with van der Waals surface area (Å²) in [5.74, 6) is 1.29. The molecule has 0 saturated heterocycles. The van der Waals surface area contributed by atoms with Crippen molar-refractivity contribution in [2.45, 2.75) is 116 Å². The average molecular weight is 576 g/mol. The number of unbranched alkanes of at least 4 members (excludes halogenated alkanes) is 12. The highest BCUT2D eigenvalue weighted by Crippen LogP contribution is 2.38. The van der Waals surface area contributed by atoms with E-state index >= 15 is 0 Å². The summed E-state index contributed by atoms with van der Waals surface area (Å²) < 4.78 is 32.8. The first-order valence-electron chi connectivity index (χ1n) is 14.7. The van der Waals surface area contributed by atoms with Crippen LogP contribution in [-0.4, -0.2) is 70.0 Å². The van der Waals surface area contributed by atoms with E-state index in [9.17, 15) is 19.0 Å². The van der Waals surface area contributed by atoms with E-state index in [1.807, 2.05) is 21.1 Å². The van der Waals surface area contributed by atoms with Crippen molar-refractivity contribution in [2.75, 3.05) is 47.5 Å². The third-order valence-corrected chi connectivity index (χ3v) is 7.08. The molecule has 0 saturated carbocycles. The SMILES string of the molecule is C#CCCC(=O)O[C@H](COC(=O)CCCCCCCCCCCCCCC)COP(=O)([O-])OCC[N+](C)(C)C. The zero-order valence-electron chi connectivity index (χ0n) is 25.0. The molecule has 0 bridgehead atoms. The lowest BCUT2D eigenvalue weighted by Gasteiger charge is -2.28. The number of phosphoric ester groups is 1. The van der Waals surface area contributed by atoms with Gasteiger partial charge < -0.3 is 27.9 Å². The van der Waals surface area contributed by atoms with Gasteiger partial charge >= 0.3 is 11.9 Å². The summed E-state index contributed by atoms with van der Waals surface area (Å²) in [6.07, 6.45) is 20.3. The Hall–Kier alpha value is -1.43. The molecule has 9 nitrogen and oxygen atoms in total. The van der Waals surface area contributed by atoms with Gasteiger partial charge in [0.1, 0.15) is 19.8 Å². The van der Waals surface area contributed by atoms with E-state index in [0.717, 1.165) is 19.3 Å². The minimum Gasteiger partial charge on any atom is -0.756 e. The number of esters is 2. The normalized spacial score (nSPS) is 13.8. The van der Waals surface area contributed by atoms with Crippen molar-refractivity contribution < 1.29 is 42.1 Å². The van der Waals surface area contributed by atoms with Gasteiger partial charge in [0.25, 0.3) is 7.82 Å². The van der Waals surface area contributed by atoms with Gasteiger partial charge in [0.15, 0.2) is 6.10 Å². The van der Waals surface area contributed by atoms with E-state index in [0.29, 0.717) is 11.0 Å². The highest BCUT2D eigenvalue weighted by molar-refractivity contribution is 7.45. The molecular weight excluding hydrogens is 521 g/mol. The molecule has 0 radical (unpaired) electrons. The molecule has 39 heavy (non-hydrogen) atoms. The van der Waals surface area contributed by atoms with Gasteiger partial charge in [-0.2, -0.15) is 0 Å². The Labute approximate surface area is 237 Å². The fourth-order valence-corrected chi connectivity index (χ4v) is 4.45. The predicted molar refractivity (Wildman–Crippen MR) is 152 cm³/mol. The average Bonchev–Trinajstić information content (AvgIpc) is 2.86. The summed E-state index contributed by atoms with van der Waals surface area (Å²) in [5, 5.41) is 0. The summed E-state index contributed by atoms with van der Waals surface area (Å²) in [4.78, 5) is 36.2. The van der Waals surface area contributed by atoms with Gasteiger partial charge in [-0.1, -0.05) is 84.0 Å². The summed E-state index contributed by atoms with van der Waals surface area (Å²) in [6.45, 7) is 1.82. The smallest absolute Gasteiger partial charge is 0.307 e. The number of likely N-dealkylation sites (N-methyl/N-ethyl adjacent to an activating group) is 1. The fraction of sp³-hybridized carbons (Fsp3) is 0.862. The van der Waals surface area contributed by atoms with Crippen LogP contribution in [0.2, 0.25) is 0 Å². The van der Waals surface area contributed by atoms with Crippen molar-refractivity contribution in [2.24, 2.45) is 0 Å². The van der Waals surface area contributed by atoms with E-state index in [1.165, 1.54) is 64.2 Å². The number of ether oxygens (including phenoxy) is 2. The number of carbonyl (C=O) groups is 2. The second kappa shape index (κ2) is 23.3. The topological polar surface area (TPSA) is 111 Å². The van der Waals surface area contributed by atoms with Crippen molar-refractivity contribution in [1.82, 2.24) is 0 Å². The Kier molecular flexibility index (Phi) is 22.4. The van der Waals surface area contributed by atoms with Gasteiger partial charge in [0, 0.05) is 12.8 Å². The maximum atomic E-state index is 12.2. The molecule has 0 spiro atoms. The lowest BCUT2D eigenvalue weighted by molar-refractivity contribution is -0.870. The number of hydrogen-bond donors (Lipinski definition) is 0. The van der Waals surface area contributed by atoms with Gasteiger partial charge in [0.2, 0.25) is 0 Å². The van der Waals surface area contributed by atoms with E-state index in [2.05, 4.69) is 12.8 Å². The molecule has 0 amide bonds. The molecule has 0 rings (SSSR count). The number of nitrogens with zero attached hydrogens (tertiary/aromatic N) is 1. The Morgan fingerprint density at radius 1 is 0.821 bits per heavy atom. The summed E-state index contributed by atoms with van der Waals surface area (Å²) in [6, 6.07) is 0. The minimum atomic E-state index is -4.61. The standard InChI is InChI=1S/C29H54NO8P/c1-6-8-10-11-12-13-14-15-16-17-18-19-20-22-28(31)35-25-27(38-29(32)21-9-7-2)26-37-39(33,34)36-24-23-30(3,4)5/h2,27H,6,8-26H2,1,3-5H3/t27-/m1/s1. The third-order valence-electron chi connectivity index (χ3n) is 6.12. The van der Waals surface area contributed by atoms with E-state index in [4.69, 9.17) is 24.9 Å². The Bertz CT molecular complexity index is 732. The molecule has 2 atom stereocenters. The number of hydrogen-bond acceptors (Lipinski definition) is 8. The maximum Gasteiger partial charge on any atom is 0.307 e. The van der Waals surface area contributed by atoms with Crippen molar-refractivity contribution in [1.29, 1.82) is 0 Å². The van der Waals surface area contributed by atoms with Crippen LogP contribution in [0.25, 0.3) is 0 Å². The van der Waals surface area contributed by atoms with Crippen LogP contribution in [0.15, 0.2) is 0 Å². The molecule has 0 aromatic heterocycles. The van der Waals surface area contributed by atoms with Gasteiger partial charge in [-0.3, -0.25) is 14.2 Å². The molecule has 10 heteroatoms. The van der Waals surface area contributed by atoms with Crippen LogP contribution in [0.4, 0.5) is 0 Å². The molecule has 0 aliphatic heterocycles. The number of phosphoric acid groups is 1. The lowest BCUT2D eigenvalue weighted by atomic mass is 10.0. The van der Waals surface area contributed by atoms with E-state index in [-0.39, 0.29) is 32.5 Å². The molecule has 0 aromatic carbocycles. The van der Waals surface area contributed by atoms with Crippen LogP contribution < -0.4 is 4.89 Å². The van der Waals surface area contributed by atoms with E-state index < -0.39 is 32.5 Å². The number of carbonyl (C=O) groups excluding carboxylic acids is 2. The second-order valence-electron chi connectivity index (χ2n) is 11.1. The van der Waals surface area contributed by atoms with Crippen LogP contribution in [0.1, 0.15) is 110 Å². The second-order valence-corrected chi connectivity index (χ2v) is 12.5. The maximum absolute atomic E-state index is 12.2.